The van der Waals surface area contributed by atoms with Crippen LogP contribution in [0.25, 0.3) is 111 Å². The summed E-state index contributed by atoms with van der Waals surface area (Å²) in [5.74, 6) is 0. The van der Waals surface area contributed by atoms with E-state index in [1.165, 1.54) is 173 Å². The zero-order chi connectivity index (χ0) is 89.8. The van der Waals surface area contributed by atoms with Crippen molar-refractivity contribution in [3.05, 3.63) is 406 Å². The summed E-state index contributed by atoms with van der Waals surface area (Å²) in [5, 5.41) is 2.55. The smallest absolute Gasteiger partial charge is 0.0495 e. The summed E-state index contributed by atoms with van der Waals surface area (Å²) in [4.78, 5) is 7.42. The van der Waals surface area contributed by atoms with Crippen LogP contribution < -0.4 is 14.7 Å². The zero-order valence-corrected chi connectivity index (χ0v) is 76.2. The molecule has 3 heteroatoms. The van der Waals surface area contributed by atoms with E-state index in [9.17, 15) is 0 Å². The summed E-state index contributed by atoms with van der Waals surface area (Å²) < 4.78 is 25.4. The van der Waals surface area contributed by atoms with Crippen molar-refractivity contribution in [3.63, 3.8) is 0 Å². The normalized spacial score (nSPS) is 14.0. The van der Waals surface area contributed by atoms with Crippen molar-refractivity contribution in [2.24, 2.45) is 0 Å². The third-order valence-electron chi connectivity index (χ3n) is 26.8. The van der Waals surface area contributed by atoms with Gasteiger partial charge in [-0.2, -0.15) is 0 Å². The maximum Gasteiger partial charge on any atom is 0.0495 e. The van der Waals surface area contributed by atoms with Gasteiger partial charge in [-0.1, -0.05) is 315 Å². The van der Waals surface area contributed by atoms with Crippen molar-refractivity contribution in [1.82, 2.24) is 0 Å². The highest BCUT2D eigenvalue weighted by atomic mass is 15.2. The number of rotatable bonds is 12. The molecule has 0 heterocycles. The molecule has 0 saturated heterocycles. The molecule has 0 N–H and O–H groups in total. The minimum absolute atomic E-state index is 0.0155. The van der Waals surface area contributed by atoms with Gasteiger partial charge < -0.3 is 14.7 Å². The van der Waals surface area contributed by atoms with E-state index < -0.39 is 6.85 Å². The Labute approximate surface area is 743 Å². The van der Waals surface area contributed by atoms with Gasteiger partial charge in [0.05, 0.1) is 0 Å². The molecule has 16 aromatic carbocycles. The van der Waals surface area contributed by atoms with Gasteiger partial charge in [-0.05, 0) is 343 Å². The average Bonchev–Trinajstić information content (AvgIpc) is 1.57. The van der Waals surface area contributed by atoms with Crippen molar-refractivity contribution >= 4 is 44.9 Å². The molecule has 0 bridgehead atoms. The van der Waals surface area contributed by atoms with Crippen molar-refractivity contribution in [2.75, 3.05) is 14.7 Å². The summed E-state index contributed by atoms with van der Waals surface area (Å²) in [5.41, 5.74) is 43.3. The van der Waals surface area contributed by atoms with E-state index in [4.69, 9.17) is 4.11 Å². The second-order valence-corrected chi connectivity index (χ2v) is 39.1. The Balaban J connectivity index is 0.000000134. The minimum Gasteiger partial charge on any atom is -0.336 e. The molecule has 0 fully saturated rings. The molecule has 0 aliphatic heterocycles. The summed E-state index contributed by atoms with van der Waals surface area (Å²) in [6, 6.07) is 123. The Kier molecular flexibility index (Phi) is 20.6. The second-order valence-electron chi connectivity index (χ2n) is 39.1. The fourth-order valence-electron chi connectivity index (χ4n) is 20.6. The van der Waals surface area contributed by atoms with Gasteiger partial charge in [0, 0.05) is 76.5 Å². The lowest BCUT2D eigenvalue weighted by Gasteiger charge is -2.40. The number of fused-ring (bicyclic) bond motifs is 10. The van der Waals surface area contributed by atoms with Crippen LogP contribution >= 0.6 is 0 Å². The van der Waals surface area contributed by atoms with Crippen LogP contribution in [-0.4, -0.2) is 16.6 Å². The molecule has 3 nitrogen and oxygen atoms in total. The third kappa shape index (κ3) is 15.0. The fourth-order valence-corrected chi connectivity index (χ4v) is 20.6. The van der Waals surface area contributed by atoms with E-state index in [1.807, 2.05) is 18.2 Å². The van der Waals surface area contributed by atoms with Crippen molar-refractivity contribution in [3.8, 4) is 100 Å². The summed E-state index contributed by atoms with van der Waals surface area (Å²) in [6.07, 6.45) is 0. The van der Waals surface area contributed by atoms with Gasteiger partial charge in [0.2, 0.25) is 0 Å². The van der Waals surface area contributed by atoms with Gasteiger partial charge in [0.25, 0.3) is 0 Å². The van der Waals surface area contributed by atoms with Crippen LogP contribution in [0.4, 0.5) is 34.1 Å². The molecule has 124 heavy (non-hydrogen) atoms. The summed E-state index contributed by atoms with van der Waals surface area (Å²) >= 11 is 0. The monoisotopic (exact) mass is 1620 g/mol. The Morgan fingerprint density at radius 1 is 0.210 bits per heavy atom. The van der Waals surface area contributed by atoms with E-state index in [-0.39, 0.29) is 32.9 Å². The van der Waals surface area contributed by atoms with E-state index in [0.29, 0.717) is 5.56 Å². The molecule has 0 spiro atoms. The van der Waals surface area contributed by atoms with Crippen LogP contribution in [-0.2, 0) is 16.2 Å². The number of aryl methyl sites for hydroxylation is 3. The van der Waals surface area contributed by atoms with Gasteiger partial charge in [-0.25, -0.2) is 0 Å². The van der Waals surface area contributed by atoms with Gasteiger partial charge in [0.1, 0.15) is 0 Å². The molecule has 16 aromatic rings. The molecule has 0 saturated carbocycles. The Bertz CT molecular complexity index is 6880. The Hall–Kier alpha value is -12.8. The maximum atomic E-state index is 8.45. The number of hydrogen-bond donors (Lipinski definition) is 0. The minimum atomic E-state index is -2.24. The maximum absolute atomic E-state index is 8.45. The molecular formula is C121H119N3. The molecule has 0 radical (unpaired) electrons. The Morgan fingerprint density at radius 2 is 0.532 bits per heavy atom. The quantitative estimate of drug-likeness (QED) is 0.121. The van der Waals surface area contributed by atoms with Gasteiger partial charge in [0.15, 0.2) is 0 Å². The topological polar surface area (TPSA) is 9.72 Å². The molecule has 0 amide bonds. The number of hydrogen-bond acceptors (Lipinski definition) is 3. The first kappa shape index (κ1) is 79.6. The predicted octanol–water partition coefficient (Wildman–Crippen LogP) is 33.8. The lowest BCUT2D eigenvalue weighted by Crippen LogP contribution is -2.38. The first-order valence-corrected chi connectivity index (χ1v) is 44.3. The van der Waals surface area contributed by atoms with Gasteiger partial charge >= 0.3 is 0 Å². The molecule has 0 atom stereocenters. The van der Waals surface area contributed by atoms with Crippen molar-refractivity contribution in [1.29, 1.82) is 0 Å². The van der Waals surface area contributed by atoms with Crippen LogP contribution in [0.5, 0.6) is 0 Å². The highest BCUT2D eigenvalue weighted by Gasteiger charge is 2.40. The van der Waals surface area contributed by atoms with E-state index >= 15 is 0 Å². The van der Waals surface area contributed by atoms with Crippen molar-refractivity contribution in [2.45, 2.75) is 178 Å². The molecule has 0 aromatic heterocycles. The number of nitrogens with zero attached hydrogens (tertiary/aromatic N) is 3. The van der Waals surface area contributed by atoms with Crippen LogP contribution in [0, 0.1) is 41.5 Å². The molecule has 618 valence electrons. The number of anilines is 6. The Morgan fingerprint density at radius 3 is 0.952 bits per heavy atom. The summed E-state index contributed by atoms with van der Waals surface area (Å²) in [6.45, 7) is 43.4. The molecule has 3 aliphatic rings. The lowest BCUT2D eigenvalue weighted by atomic mass is 9.80. The van der Waals surface area contributed by atoms with Crippen LogP contribution in [0.15, 0.2) is 340 Å². The van der Waals surface area contributed by atoms with E-state index in [2.05, 4.69) is 475 Å². The predicted molar refractivity (Wildman–Crippen MR) is 536 cm³/mol. The number of benzene rings is 16. The molecule has 0 unspecified atom stereocenters. The average molecular weight is 1620 g/mol. The first-order valence-electron chi connectivity index (χ1n) is 45.8. The third-order valence-corrected chi connectivity index (χ3v) is 26.8. The second kappa shape index (κ2) is 32.1. The standard InChI is InChI=1S/C43H41N.2C39H39N/c1-28-26-37-34-19-13-14-22-38(34)43(6,7)39(37)27-36(28)33-24-25-41(35-20-12-11-18-32(33)35)44(42(3,4)5)40-23-15-21-31(29(40)2)30-16-9-8-10-17-30;1-26-23-34-32-19-11-12-21-35(32)39(6,7)36(34)25-33(26)29-17-13-18-30(24-29)40(38(3,4)5)37-22-14-20-31(27(37)2)28-15-9-8-10-16-28;1-26-24-34-32-16-11-12-18-35(32)39(6,7)36(34)25-33(26)29-20-22-30(23-21-29)40(38(3,4)5)37-19-13-17-31(27(37)2)28-14-9-8-10-15-28/h8-27H,1-7H3;2*8-25H,1-7H3/i;;1D3. The largest absolute Gasteiger partial charge is 0.336 e. The highest BCUT2D eigenvalue weighted by Crippen LogP contribution is 2.56. The van der Waals surface area contributed by atoms with Crippen molar-refractivity contribution < 1.29 is 4.11 Å². The van der Waals surface area contributed by atoms with E-state index in [0.717, 1.165) is 33.6 Å². The van der Waals surface area contributed by atoms with E-state index in [1.54, 1.807) is 0 Å². The fraction of sp³-hybridized carbons (Fsp3) is 0.223. The van der Waals surface area contributed by atoms with Gasteiger partial charge in [-0.15, -0.1) is 0 Å². The summed E-state index contributed by atoms with van der Waals surface area (Å²) in [7, 11) is 0. The first-order chi connectivity index (χ1) is 60.4. The molecular weight excluding hydrogens is 1500 g/mol. The molecule has 19 rings (SSSR count). The highest BCUT2D eigenvalue weighted by molar-refractivity contribution is 6.06. The van der Waals surface area contributed by atoms with Gasteiger partial charge in [-0.3, -0.25) is 0 Å². The van der Waals surface area contributed by atoms with Crippen LogP contribution in [0.1, 0.15) is 175 Å². The van der Waals surface area contributed by atoms with Crippen LogP contribution in [0.3, 0.4) is 0 Å². The zero-order valence-electron chi connectivity index (χ0n) is 79.2. The lowest BCUT2D eigenvalue weighted by molar-refractivity contribution is 0.559. The molecule has 3 aliphatic carbocycles. The van der Waals surface area contributed by atoms with Crippen LogP contribution in [0.2, 0.25) is 0 Å². The SMILES string of the molecule is Cc1cc2c(cc1-c1ccc(N(c3cccc(-c4ccccc4)c3C)C(C)(C)C)c3ccccc13)C(C)(C)c1ccccc1-2.Cc1cc2c(cc1-c1cccc(N(c3cccc(-c4ccccc4)c3C)C(C)(C)C)c1)C(C)(C)c1ccccc1-2.[2H]C([2H])([2H])c1cc2c(cc1-c1ccc(N(c3cccc(-c4ccccc4)c3C)C(C)(C)C)cc1)C(C)(C)c1ccccc1-2.